The summed E-state index contributed by atoms with van der Waals surface area (Å²) >= 11 is 3.38. The van der Waals surface area contributed by atoms with Crippen molar-refractivity contribution >= 4 is 33.7 Å². The normalized spacial score (nSPS) is 10.8. The van der Waals surface area contributed by atoms with Crippen LogP contribution in [0.4, 0.5) is 5.69 Å². The Morgan fingerprint density at radius 1 is 1.16 bits per heavy atom. The lowest BCUT2D eigenvalue weighted by molar-refractivity contribution is 0.0949. The summed E-state index contributed by atoms with van der Waals surface area (Å²) in [5, 5.41) is 11.8. The fourth-order valence-corrected chi connectivity index (χ4v) is 2.31. The number of benzene rings is 2. The molecule has 0 atom stereocenters. The molecule has 8 heteroatoms. The van der Waals surface area contributed by atoms with Crippen LogP contribution in [-0.2, 0) is 0 Å². The van der Waals surface area contributed by atoms with Gasteiger partial charge in [0.15, 0.2) is 5.69 Å². The summed E-state index contributed by atoms with van der Waals surface area (Å²) in [5.74, 6) is -0.423. The van der Waals surface area contributed by atoms with Gasteiger partial charge >= 0.3 is 0 Å². The SMILES string of the molecule is Cc1c(C(=O)N/N=C/c2ccccc2)nnn1Nc1ccc(Br)cc1. The third kappa shape index (κ3) is 4.30. The van der Waals surface area contributed by atoms with Crippen LogP contribution in [0.5, 0.6) is 0 Å². The maximum absolute atomic E-state index is 12.2. The zero-order valence-corrected chi connectivity index (χ0v) is 14.9. The van der Waals surface area contributed by atoms with E-state index in [-0.39, 0.29) is 5.69 Å². The van der Waals surface area contributed by atoms with Gasteiger partial charge in [-0.15, -0.1) is 5.10 Å². The van der Waals surface area contributed by atoms with E-state index in [1.807, 2.05) is 54.6 Å². The van der Waals surface area contributed by atoms with Crippen molar-refractivity contribution in [3.05, 3.63) is 76.0 Å². The zero-order valence-electron chi connectivity index (χ0n) is 13.3. The van der Waals surface area contributed by atoms with Crippen LogP contribution in [0.1, 0.15) is 21.7 Å². The number of rotatable bonds is 5. The molecule has 7 nitrogen and oxygen atoms in total. The van der Waals surface area contributed by atoms with Gasteiger partial charge < -0.3 is 0 Å². The van der Waals surface area contributed by atoms with Crippen molar-refractivity contribution < 1.29 is 4.79 Å². The molecule has 0 unspecified atom stereocenters. The van der Waals surface area contributed by atoms with E-state index in [2.05, 4.69) is 42.2 Å². The van der Waals surface area contributed by atoms with Gasteiger partial charge in [0, 0.05) is 4.47 Å². The molecule has 0 spiro atoms. The largest absolute Gasteiger partial charge is 0.293 e. The minimum atomic E-state index is -0.423. The highest BCUT2D eigenvalue weighted by Gasteiger charge is 2.16. The van der Waals surface area contributed by atoms with E-state index in [0.717, 1.165) is 15.7 Å². The molecular weight excluding hydrogens is 384 g/mol. The number of nitrogens with zero attached hydrogens (tertiary/aromatic N) is 4. The molecule has 25 heavy (non-hydrogen) atoms. The average molecular weight is 399 g/mol. The quantitative estimate of drug-likeness (QED) is 0.511. The third-order valence-corrected chi connectivity index (χ3v) is 3.90. The molecule has 0 saturated heterocycles. The third-order valence-electron chi connectivity index (χ3n) is 3.37. The first-order valence-corrected chi connectivity index (χ1v) is 8.26. The summed E-state index contributed by atoms with van der Waals surface area (Å²) in [4.78, 5) is 13.6. The summed E-state index contributed by atoms with van der Waals surface area (Å²) in [6, 6.07) is 17.1. The zero-order chi connectivity index (χ0) is 17.6. The van der Waals surface area contributed by atoms with Gasteiger partial charge in [-0.1, -0.05) is 46.3 Å². The van der Waals surface area contributed by atoms with E-state index in [1.165, 1.54) is 4.79 Å². The van der Waals surface area contributed by atoms with E-state index in [4.69, 9.17) is 0 Å². The smallest absolute Gasteiger partial charge is 0.277 e. The van der Waals surface area contributed by atoms with Crippen LogP contribution >= 0.6 is 15.9 Å². The van der Waals surface area contributed by atoms with Gasteiger partial charge in [0.05, 0.1) is 17.6 Å². The Kier molecular flexibility index (Phi) is 5.20. The lowest BCUT2D eigenvalue weighted by atomic mass is 10.2. The molecule has 126 valence electrons. The number of halogens is 1. The molecule has 0 bridgehead atoms. The number of hydrogen-bond donors (Lipinski definition) is 2. The Morgan fingerprint density at radius 2 is 1.88 bits per heavy atom. The van der Waals surface area contributed by atoms with Gasteiger partial charge in [-0.2, -0.15) is 9.89 Å². The van der Waals surface area contributed by atoms with E-state index < -0.39 is 5.91 Å². The maximum Gasteiger partial charge on any atom is 0.293 e. The molecule has 2 N–H and O–H groups in total. The number of amides is 1. The van der Waals surface area contributed by atoms with Crippen molar-refractivity contribution in [3.63, 3.8) is 0 Å². The van der Waals surface area contributed by atoms with Gasteiger partial charge in [-0.3, -0.25) is 10.2 Å². The maximum atomic E-state index is 12.2. The number of hydrogen-bond acceptors (Lipinski definition) is 5. The van der Waals surface area contributed by atoms with Gasteiger partial charge in [0.1, 0.15) is 0 Å². The molecule has 0 aliphatic carbocycles. The number of aromatic nitrogens is 3. The predicted molar refractivity (Wildman–Crippen MR) is 99.4 cm³/mol. The van der Waals surface area contributed by atoms with Crippen molar-refractivity contribution in [3.8, 4) is 0 Å². The molecule has 0 fully saturated rings. The lowest BCUT2D eigenvalue weighted by Gasteiger charge is -2.07. The second-order valence-corrected chi connectivity index (χ2v) is 6.08. The summed E-state index contributed by atoms with van der Waals surface area (Å²) < 4.78 is 0.977. The molecule has 1 aromatic heterocycles. The predicted octanol–water partition coefficient (Wildman–Crippen LogP) is 2.99. The molecule has 0 aliphatic rings. The van der Waals surface area contributed by atoms with Crippen molar-refractivity contribution in [2.24, 2.45) is 5.10 Å². The minimum absolute atomic E-state index is 0.204. The number of hydrazone groups is 1. The molecule has 1 amide bonds. The van der Waals surface area contributed by atoms with Crippen LogP contribution in [0.3, 0.4) is 0 Å². The highest BCUT2D eigenvalue weighted by Crippen LogP contribution is 2.15. The van der Waals surface area contributed by atoms with Gasteiger partial charge in [-0.25, -0.2) is 5.43 Å². The summed E-state index contributed by atoms with van der Waals surface area (Å²) in [7, 11) is 0. The molecule has 3 aromatic rings. The van der Waals surface area contributed by atoms with Crippen molar-refractivity contribution in [1.29, 1.82) is 0 Å². The Balaban J connectivity index is 1.66. The molecule has 1 heterocycles. The minimum Gasteiger partial charge on any atom is -0.277 e. The number of anilines is 1. The van der Waals surface area contributed by atoms with E-state index >= 15 is 0 Å². The first kappa shape index (κ1) is 16.8. The van der Waals surface area contributed by atoms with Crippen molar-refractivity contribution in [1.82, 2.24) is 20.5 Å². The summed E-state index contributed by atoms with van der Waals surface area (Å²) in [5.41, 5.74) is 8.01. The van der Waals surface area contributed by atoms with Crippen LogP contribution in [0.2, 0.25) is 0 Å². The van der Waals surface area contributed by atoms with E-state index in [1.54, 1.807) is 13.1 Å². The van der Waals surface area contributed by atoms with Crippen molar-refractivity contribution in [2.45, 2.75) is 6.92 Å². The fourth-order valence-electron chi connectivity index (χ4n) is 2.05. The number of nitrogens with one attached hydrogen (secondary N) is 2. The van der Waals surface area contributed by atoms with Crippen LogP contribution in [-0.4, -0.2) is 27.2 Å². The molecule has 0 radical (unpaired) electrons. The van der Waals surface area contributed by atoms with Crippen LogP contribution in [0.25, 0.3) is 0 Å². The number of carbonyl (C=O) groups excluding carboxylic acids is 1. The molecule has 0 saturated carbocycles. The van der Waals surface area contributed by atoms with Crippen molar-refractivity contribution in [2.75, 3.05) is 5.43 Å². The first-order valence-electron chi connectivity index (χ1n) is 7.47. The highest BCUT2D eigenvalue weighted by molar-refractivity contribution is 9.10. The van der Waals surface area contributed by atoms with E-state index in [0.29, 0.717) is 5.69 Å². The monoisotopic (exact) mass is 398 g/mol. The second-order valence-electron chi connectivity index (χ2n) is 5.16. The molecular formula is C17H15BrN6O. The van der Waals surface area contributed by atoms with Crippen LogP contribution in [0, 0.1) is 6.92 Å². The molecule has 2 aromatic carbocycles. The standard InChI is InChI=1S/C17H15BrN6O/c1-12-16(17(25)21-19-11-13-5-3-2-4-6-13)20-23-24(12)22-15-9-7-14(18)8-10-15/h2-11,22H,1H3,(H,21,25)/b19-11+. The Bertz CT molecular complexity index is 889. The fraction of sp³-hybridized carbons (Fsp3) is 0.0588. The lowest BCUT2D eigenvalue weighted by Crippen LogP contribution is -2.20. The molecule has 3 rings (SSSR count). The van der Waals surface area contributed by atoms with E-state index in [9.17, 15) is 4.79 Å². The van der Waals surface area contributed by atoms with Gasteiger partial charge in [0.2, 0.25) is 0 Å². The summed E-state index contributed by atoms with van der Waals surface area (Å²) in [6.07, 6.45) is 1.57. The second kappa shape index (κ2) is 7.71. The summed E-state index contributed by atoms with van der Waals surface area (Å²) in [6.45, 7) is 1.75. The van der Waals surface area contributed by atoms with Crippen LogP contribution in [0.15, 0.2) is 64.2 Å². The molecule has 0 aliphatic heterocycles. The Hall–Kier alpha value is -3.00. The number of carbonyl (C=O) groups is 1. The highest BCUT2D eigenvalue weighted by atomic mass is 79.9. The van der Waals surface area contributed by atoms with Gasteiger partial charge in [-0.05, 0) is 42.0 Å². The Labute approximate surface area is 152 Å². The topological polar surface area (TPSA) is 84.2 Å². The first-order chi connectivity index (χ1) is 12.1. The average Bonchev–Trinajstić information content (AvgIpc) is 2.98. The Morgan fingerprint density at radius 3 is 2.60 bits per heavy atom. The van der Waals surface area contributed by atoms with Crippen LogP contribution < -0.4 is 10.9 Å². The van der Waals surface area contributed by atoms with Gasteiger partial charge in [0.25, 0.3) is 5.91 Å².